The van der Waals surface area contributed by atoms with Gasteiger partial charge in [0.05, 0.1) is 6.10 Å². The standard InChI is InChI=1S/C8H8F2.C8H8FNO2.C4H9NO/c1-6-2-4-7(5-3-6)8(9)10;9-7-3-1-2-6(4-7)5-10-8(11)12;6-4-1-2-5-3-4/h2-5,8H,1H3;1-4,10H,5H2,(H,11,12);4-6H,1-3H2. The summed E-state index contributed by atoms with van der Waals surface area (Å²) >= 11 is 0. The number of nitrogens with one attached hydrogen (secondary N) is 2. The van der Waals surface area contributed by atoms with Crippen molar-refractivity contribution in [1.82, 2.24) is 10.6 Å². The highest BCUT2D eigenvalue weighted by atomic mass is 19.3. The lowest BCUT2D eigenvalue weighted by Gasteiger charge is -2.00. The lowest BCUT2D eigenvalue weighted by atomic mass is 10.2. The Morgan fingerprint density at radius 1 is 1.25 bits per heavy atom. The smallest absolute Gasteiger partial charge is 0.404 e. The molecule has 1 aliphatic heterocycles. The van der Waals surface area contributed by atoms with Crippen LogP contribution < -0.4 is 10.6 Å². The van der Waals surface area contributed by atoms with E-state index in [4.69, 9.17) is 10.2 Å². The van der Waals surface area contributed by atoms with E-state index in [0.29, 0.717) is 5.56 Å². The van der Waals surface area contributed by atoms with Crippen molar-refractivity contribution in [3.8, 4) is 0 Å². The van der Waals surface area contributed by atoms with Gasteiger partial charge in [-0.2, -0.15) is 0 Å². The predicted molar refractivity (Wildman–Crippen MR) is 101 cm³/mol. The van der Waals surface area contributed by atoms with E-state index in [1.54, 1.807) is 18.2 Å². The maximum absolute atomic E-state index is 12.5. The van der Waals surface area contributed by atoms with Crippen LogP contribution in [0.5, 0.6) is 0 Å². The number of rotatable bonds is 3. The molecule has 8 heteroatoms. The van der Waals surface area contributed by atoms with Crippen molar-refractivity contribution in [2.75, 3.05) is 13.1 Å². The number of alkyl halides is 2. The van der Waals surface area contributed by atoms with Crippen molar-refractivity contribution >= 4 is 6.09 Å². The van der Waals surface area contributed by atoms with Gasteiger partial charge in [-0.3, -0.25) is 0 Å². The van der Waals surface area contributed by atoms with Crippen LogP contribution in [0.25, 0.3) is 0 Å². The van der Waals surface area contributed by atoms with E-state index < -0.39 is 12.5 Å². The van der Waals surface area contributed by atoms with Crippen molar-refractivity contribution in [1.29, 1.82) is 0 Å². The minimum absolute atomic E-state index is 0.0648. The number of β-amino-alcohol motifs (C(OH)–C–C–N with tert-alkyl or cyclic N) is 1. The maximum atomic E-state index is 12.5. The Balaban J connectivity index is 0.000000221. The molecule has 3 rings (SSSR count). The van der Waals surface area contributed by atoms with Crippen molar-refractivity contribution in [2.45, 2.75) is 32.4 Å². The molecule has 1 unspecified atom stereocenters. The van der Waals surface area contributed by atoms with Crippen LogP contribution in [0.15, 0.2) is 48.5 Å². The van der Waals surface area contributed by atoms with Crippen LogP contribution in [0.4, 0.5) is 18.0 Å². The molecule has 2 aromatic rings. The first-order valence-electron chi connectivity index (χ1n) is 8.72. The first kappa shape index (κ1) is 23.5. The second-order valence-electron chi connectivity index (χ2n) is 6.15. The number of halogens is 3. The summed E-state index contributed by atoms with van der Waals surface area (Å²) in [4.78, 5) is 10.1. The van der Waals surface area contributed by atoms with Gasteiger partial charge < -0.3 is 20.8 Å². The summed E-state index contributed by atoms with van der Waals surface area (Å²) in [6.45, 7) is 3.78. The van der Waals surface area contributed by atoms with E-state index in [9.17, 15) is 18.0 Å². The molecule has 1 atom stereocenters. The van der Waals surface area contributed by atoms with Gasteiger partial charge in [0, 0.05) is 18.7 Å². The Morgan fingerprint density at radius 3 is 2.36 bits per heavy atom. The van der Waals surface area contributed by atoms with Gasteiger partial charge >= 0.3 is 6.09 Å². The van der Waals surface area contributed by atoms with Crippen molar-refractivity contribution in [3.63, 3.8) is 0 Å². The quantitative estimate of drug-likeness (QED) is 0.633. The third kappa shape index (κ3) is 10.5. The van der Waals surface area contributed by atoms with Crippen LogP contribution in [0.3, 0.4) is 0 Å². The fourth-order valence-corrected chi connectivity index (χ4v) is 2.18. The normalized spacial score (nSPS) is 15.1. The predicted octanol–water partition coefficient (Wildman–Crippen LogP) is 3.87. The van der Waals surface area contributed by atoms with E-state index in [2.05, 4.69) is 10.6 Å². The second kappa shape index (κ2) is 12.7. The summed E-state index contributed by atoms with van der Waals surface area (Å²) in [6, 6.07) is 12.0. The molecule has 0 aliphatic carbocycles. The van der Waals surface area contributed by atoms with Crippen molar-refractivity contribution in [2.24, 2.45) is 0 Å². The van der Waals surface area contributed by atoms with Gasteiger partial charge in [-0.25, -0.2) is 18.0 Å². The van der Waals surface area contributed by atoms with E-state index >= 15 is 0 Å². The van der Waals surface area contributed by atoms with Gasteiger partial charge in [-0.1, -0.05) is 42.0 Å². The molecule has 28 heavy (non-hydrogen) atoms. The Labute approximate surface area is 162 Å². The molecular formula is C20H25F3N2O3. The van der Waals surface area contributed by atoms with Crippen LogP contribution in [-0.4, -0.2) is 35.5 Å². The summed E-state index contributed by atoms with van der Waals surface area (Å²) in [6.07, 6.45) is -2.59. The Bertz CT molecular complexity index is 706. The fourth-order valence-electron chi connectivity index (χ4n) is 2.18. The number of hydrogen-bond donors (Lipinski definition) is 4. The van der Waals surface area contributed by atoms with E-state index in [1.165, 1.54) is 30.3 Å². The fraction of sp³-hybridized carbons (Fsp3) is 0.350. The molecule has 0 saturated carbocycles. The first-order chi connectivity index (χ1) is 13.3. The number of aliphatic hydroxyl groups is 1. The molecule has 0 radical (unpaired) electrons. The van der Waals surface area contributed by atoms with Gasteiger partial charge in [-0.15, -0.1) is 0 Å². The highest BCUT2D eigenvalue weighted by Crippen LogP contribution is 2.18. The zero-order valence-corrected chi connectivity index (χ0v) is 15.5. The Kier molecular flexibility index (Phi) is 10.7. The highest BCUT2D eigenvalue weighted by molar-refractivity contribution is 5.64. The molecule has 2 aromatic carbocycles. The third-order valence-corrected chi connectivity index (χ3v) is 3.70. The molecule has 154 valence electrons. The number of amides is 1. The zero-order chi connectivity index (χ0) is 20.9. The molecule has 0 aromatic heterocycles. The first-order valence-corrected chi connectivity index (χ1v) is 8.72. The lowest BCUT2D eigenvalue weighted by Crippen LogP contribution is -2.19. The Hall–Kier alpha value is -2.58. The summed E-state index contributed by atoms with van der Waals surface area (Å²) in [5.74, 6) is -0.361. The average Bonchev–Trinajstić information content (AvgIpc) is 3.12. The molecule has 1 fully saturated rings. The monoisotopic (exact) mass is 398 g/mol. The molecule has 0 spiro atoms. The molecule has 0 bridgehead atoms. The van der Waals surface area contributed by atoms with Crippen molar-refractivity contribution in [3.05, 3.63) is 71.0 Å². The topological polar surface area (TPSA) is 81.6 Å². The van der Waals surface area contributed by atoms with Crippen molar-refractivity contribution < 1.29 is 28.2 Å². The van der Waals surface area contributed by atoms with Gasteiger partial charge in [-0.05, 0) is 37.6 Å². The van der Waals surface area contributed by atoms with Crippen LogP contribution in [0, 0.1) is 12.7 Å². The molecule has 4 N–H and O–H groups in total. The Morgan fingerprint density at radius 2 is 1.93 bits per heavy atom. The third-order valence-electron chi connectivity index (χ3n) is 3.70. The van der Waals surface area contributed by atoms with Gasteiger partial charge in [0.1, 0.15) is 5.82 Å². The summed E-state index contributed by atoms with van der Waals surface area (Å²) in [5, 5.41) is 22.1. The minimum Gasteiger partial charge on any atom is -0.465 e. The van der Waals surface area contributed by atoms with Gasteiger partial charge in [0.25, 0.3) is 6.43 Å². The summed E-state index contributed by atoms with van der Waals surface area (Å²) in [5.41, 5.74) is 1.70. The van der Waals surface area contributed by atoms with Gasteiger partial charge in [0.2, 0.25) is 0 Å². The molecule has 1 heterocycles. The van der Waals surface area contributed by atoms with Crippen LogP contribution in [0.2, 0.25) is 0 Å². The average molecular weight is 398 g/mol. The summed E-state index contributed by atoms with van der Waals surface area (Å²) in [7, 11) is 0. The highest BCUT2D eigenvalue weighted by Gasteiger charge is 2.08. The molecular weight excluding hydrogens is 373 g/mol. The zero-order valence-electron chi connectivity index (χ0n) is 15.5. The largest absolute Gasteiger partial charge is 0.465 e. The molecule has 1 saturated heterocycles. The number of carboxylic acid groups (broad SMARTS) is 1. The van der Waals surface area contributed by atoms with Gasteiger partial charge in [0.15, 0.2) is 0 Å². The number of benzene rings is 2. The van der Waals surface area contributed by atoms with Crippen LogP contribution >= 0.6 is 0 Å². The molecule has 1 aliphatic rings. The second-order valence-corrected chi connectivity index (χ2v) is 6.15. The van der Waals surface area contributed by atoms with E-state index in [1.807, 2.05) is 6.92 Å². The number of aryl methyl sites for hydroxylation is 1. The van der Waals surface area contributed by atoms with Crippen LogP contribution in [-0.2, 0) is 6.54 Å². The SMILES string of the molecule is Cc1ccc(C(F)F)cc1.O=C(O)NCc1cccc(F)c1.OC1CCNC1. The minimum atomic E-state index is -2.35. The van der Waals surface area contributed by atoms with E-state index in [0.717, 1.165) is 25.1 Å². The number of carbonyl (C=O) groups is 1. The summed E-state index contributed by atoms with van der Waals surface area (Å²) < 4.78 is 36.3. The van der Waals surface area contributed by atoms with Crippen LogP contribution in [0.1, 0.15) is 29.5 Å². The molecule has 5 nitrogen and oxygen atoms in total. The molecule has 1 amide bonds. The lowest BCUT2D eigenvalue weighted by molar-refractivity contribution is 0.151. The maximum Gasteiger partial charge on any atom is 0.404 e. The van der Waals surface area contributed by atoms with E-state index in [-0.39, 0.29) is 24.0 Å². The number of aliphatic hydroxyl groups excluding tert-OH is 1. The number of hydrogen-bond acceptors (Lipinski definition) is 3.